The second kappa shape index (κ2) is 9.39. The van der Waals surface area contributed by atoms with Crippen molar-refractivity contribution in [2.45, 2.75) is 32.7 Å². The van der Waals surface area contributed by atoms with Crippen LogP contribution in [0, 0.1) is 12.7 Å². The van der Waals surface area contributed by atoms with Crippen LogP contribution in [0.1, 0.15) is 36.4 Å². The van der Waals surface area contributed by atoms with Gasteiger partial charge in [0.15, 0.2) is 0 Å². The third-order valence-electron chi connectivity index (χ3n) is 5.89. The van der Waals surface area contributed by atoms with Crippen molar-refractivity contribution in [2.24, 2.45) is 0 Å². The molecule has 0 saturated carbocycles. The van der Waals surface area contributed by atoms with Crippen molar-refractivity contribution in [1.29, 1.82) is 0 Å². The fraction of sp³-hybridized carbons (Fsp3) is 0.375. The third kappa shape index (κ3) is 4.99. The number of halogens is 1. The lowest BCUT2D eigenvalue weighted by molar-refractivity contribution is -0.133. The van der Waals surface area contributed by atoms with Crippen molar-refractivity contribution in [3.63, 3.8) is 0 Å². The van der Waals surface area contributed by atoms with E-state index in [4.69, 9.17) is 4.52 Å². The molecule has 1 aliphatic rings. The number of aromatic nitrogens is 2. The quantitative estimate of drug-likeness (QED) is 0.600. The van der Waals surface area contributed by atoms with E-state index < -0.39 is 0 Å². The Hall–Kier alpha value is -3.06. The zero-order chi connectivity index (χ0) is 21.8. The van der Waals surface area contributed by atoms with Crippen molar-refractivity contribution in [1.82, 2.24) is 19.9 Å². The normalized spacial score (nSPS) is 15.8. The fourth-order valence-electron chi connectivity index (χ4n) is 3.84. The Bertz CT molecular complexity index is 1030. The number of nitrogens with zero attached hydrogens (tertiary/aromatic N) is 4. The number of piperazine rings is 1. The molecular formula is C24H27FN4O2. The second-order valence-electron chi connectivity index (χ2n) is 8.01. The van der Waals surface area contributed by atoms with E-state index >= 15 is 0 Å². The number of carbonyl (C=O) groups excluding carboxylic acids is 1. The molecule has 0 spiro atoms. The summed E-state index contributed by atoms with van der Waals surface area (Å²) in [5.41, 5.74) is 2.70. The Morgan fingerprint density at radius 3 is 2.52 bits per heavy atom. The Labute approximate surface area is 181 Å². The molecule has 162 valence electrons. The predicted molar refractivity (Wildman–Crippen MR) is 116 cm³/mol. The molecule has 7 heteroatoms. The molecule has 1 aromatic heterocycles. The van der Waals surface area contributed by atoms with E-state index in [2.05, 4.69) is 15.0 Å². The van der Waals surface area contributed by atoms with Gasteiger partial charge in [0.2, 0.25) is 17.6 Å². The topological polar surface area (TPSA) is 62.5 Å². The average molecular weight is 423 g/mol. The highest BCUT2D eigenvalue weighted by atomic mass is 19.1. The smallest absolute Gasteiger partial charge is 0.244 e. The number of aryl methyl sites for hydroxylation is 2. The third-order valence-corrected chi connectivity index (χ3v) is 5.89. The molecule has 1 fully saturated rings. The van der Waals surface area contributed by atoms with E-state index in [0.717, 1.165) is 18.7 Å². The zero-order valence-corrected chi connectivity index (χ0v) is 17.9. The second-order valence-corrected chi connectivity index (χ2v) is 8.01. The fourth-order valence-corrected chi connectivity index (χ4v) is 3.84. The van der Waals surface area contributed by atoms with Crippen LogP contribution in [0.3, 0.4) is 0 Å². The lowest BCUT2D eigenvalue weighted by Gasteiger charge is -2.36. The van der Waals surface area contributed by atoms with Crippen LogP contribution in [-0.2, 0) is 11.2 Å². The van der Waals surface area contributed by atoms with Crippen molar-refractivity contribution >= 4 is 5.91 Å². The molecule has 1 aliphatic heterocycles. The Morgan fingerprint density at radius 1 is 1.10 bits per heavy atom. The molecule has 3 aromatic rings. The lowest BCUT2D eigenvalue weighted by Crippen LogP contribution is -2.49. The van der Waals surface area contributed by atoms with E-state index in [0.29, 0.717) is 43.2 Å². The van der Waals surface area contributed by atoms with Gasteiger partial charge in [-0.1, -0.05) is 53.2 Å². The molecule has 4 rings (SSSR count). The molecule has 31 heavy (non-hydrogen) atoms. The first kappa shape index (κ1) is 21.2. The van der Waals surface area contributed by atoms with Crippen LogP contribution < -0.4 is 0 Å². The first-order chi connectivity index (χ1) is 15.0. The minimum Gasteiger partial charge on any atom is -0.340 e. The van der Waals surface area contributed by atoms with Crippen LogP contribution in [0.15, 0.2) is 53.1 Å². The average Bonchev–Trinajstić information content (AvgIpc) is 3.29. The maximum absolute atomic E-state index is 13.8. The molecule has 1 unspecified atom stereocenters. The molecule has 1 saturated heterocycles. The van der Waals surface area contributed by atoms with Crippen LogP contribution in [0.4, 0.5) is 4.39 Å². The van der Waals surface area contributed by atoms with Crippen molar-refractivity contribution in [3.05, 3.63) is 71.4 Å². The molecule has 1 amide bonds. The summed E-state index contributed by atoms with van der Waals surface area (Å²) in [6.07, 6.45) is 0.742. The summed E-state index contributed by atoms with van der Waals surface area (Å²) in [7, 11) is 0. The zero-order valence-electron chi connectivity index (χ0n) is 17.9. The Morgan fingerprint density at radius 2 is 1.81 bits per heavy atom. The van der Waals surface area contributed by atoms with E-state index in [-0.39, 0.29) is 17.8 Å². The van der Waals surface area contributed by atoms with Gasteiger partial charge < -0.3 is 9.42 Å². The molecule has 2 heterocycles. The number of amides is 1. The Kier molecular flexibility index (Phi) is 6.42. The first-order valence-electron chi connectivity index (χ1n) is 10.7. The number of carbonyl (C=O) groups is 1. The molecule has 0 radical (unpaired) electrons. The van der Waals surface area contributed by atoms with Crippen molar-refractivity contribution in [2.75, 3.05) is 26.2 Å². The van der Waals surface area contributed by atoms with E-state index in [9.17, 15) is 9.18 Å². The van der Waals surface area contributed by atoms with Crippen LogP contribution in [-0.4, -0.2) is 52.0 Å². The molecule has 0 N–H and O–H groups in total. The number of rotatable bonds is 6. The summed E-state index contributed by atoms with van der Waals surface area (Å²) in [6, 6.07) is 14.6. The summed E-state index contributed by atoms with van der Waals surface area (Å²) < 4.78 is 19.3. The van der Waals surface area contributed by atoms with Gasteiger partial charge in [0.25, 0.3) is 0 Å². The highest BCUT2D eigenvalue weighted by molar-refractivity contribution is 5.76. The Balaban J connectivity index is 1.30. The van der Waals surface area contributed by atoms with Gasteiger partial charge in [0.05, 0.1) is 6.04 Å². The van der Waals surface area contributed by atoms with Gasteiger partial charge in [-0.2, -0.15) is 4.98 Å². The summed E-state index contributed by atoms with van der Waals surface area (Å²) in [4.78, 5) is 21.2. The molecule has 6 nitrogen and oxygen atoms in total. The van der Waals surface area contributed by atoms with Crippen molar-refractivity contribution < 1.29 is 13.7 Å². The van der Waals surface area contributed by atoms with Gasteiger partial charge in [-0.15, -0.1) is 0 Å². The molecule has 2 aromatic carbocycles. The van der Waals surface area contributed by atoms with Gasteiger partial charge in [-0.3, -0.25) is 9.69 Å². The molecular weight excluding hydrogens is 395 g/mol. The highest BCUT2D eigenvalue weighted by Crippen LogP contribution is 2.24. The molecule has 1 atom stereocenters. The highest BCUT2D eigenvalue weighted by Gasteiger charge is 2.27. The standard InChI is InChI=1S/C24H27FN4O2/c1-17-7-9-20(10-8-17)23-26-24(31-27-23)18(2)28-13-15-29(16-14-28)22(30)12-11-19-5-3-4-6-21(19)25/h3-10,18H,11-16H2,1-2H3. The number of hydrogen-bond acceptors (Lipinski definition) is 5. The van der Waals surface area contributed by atoms with E-state index in [1.165, 1.54) is 11.6 Å². The van der Waals surface area contributed by atoms with Crippen molar-refractivity contribution in [3.8, 4) is 11.4 Å². The maximum Gasteiger partial charge on any atom is 0.244 e. The first-order valence-corrected chi connectivity index (χ1v) is 10.7. The number of hydrogen-bond donors (Lipinski definition) is 0. The molecule has 0 bridgehead atoms. The summed E-state index contributed by atoms with van der Waals surface area (Å²) in [6.45, 7) is 6.82. The van der Waals surface area contributed by atoms with Gasteiger partial charge in [0, 0.05) is 38.2 Å². The lowest BCUT2D eigenvalue weighted by atomic mass is 10.1. The van der Waals surface area contributed by atoms with Gasteiger partial charge >= 0.3 is 0 Å². The SMILES string of the molecule is Cc1ccc(-c2noc(C(C)N3CCN(C(=O)CCc4ccccc4F)CC3)n2)cc1. The maximum atomic E-state index is 13.8. The van der Waals surface area contributed by atoms with Crippen LogP contribution >= 0.6 is 0 Å². The largest absolute Gasteiger partial charge is 0.340 e. The summed E-state index contributed by atoms with van der Waals surface area (Å²) in [5.74, 6) is 0.979. The van der Waals surface area contributed by atoms with Crippen LogP contribution in [0.5, 0.6) is 0 Å². The van der Waals surface area contributed by atoms with Gasteiger partial charge in [0.1, 0.15) is 5.82 Å². The summed E-state index contributed by atoms with van der Waals surface area (Å²) in [5, 5.41) is 4.13. The minimum absolute atomic E-state index is 0.0256. The monoisotopic (exact) mass is 422 g/mol. The van der Waals surface area contributed by atoms with Gasteiger partial charge in [-0.05, 0) is 31.9 Å². The van der Waals surface area contributed by atoms with E-state index in [1.807, 2.05) is 43.0 Å². The number of benzene rings is 2. The minimum atomic E-state index is -0.251. The molecule has 0 aliphatic carbocycles. The predicted octanol–water partition coefficient (Wildman–Crippen LogP) is 4.02. The summed E-state index contributed by atoms with van der Waals surface area (Å²) >= 11 is 0. The van der Waals surface area contributed by atoms with Crippen LogP contribution in [0.2, 0.25) is 0 Å². The van der Waals surface area contributed by atoms with Crippen LogP contribution in [0.25, 0.3) is 11.4 Å². The van der Waals surface area contributed by atoms with E-state index in [1.54, 1.807) is 18.2 Å². The van der Waals surface area contributed by atoms with Gasteiger partial charge in [-0.25, -0.2) is 4.39 Å².